The van der Waals surface area contributed by atoms with E-state index in [0.29, 0.717) is 15.1 Å². The maximum atomic E-state index is 13.8. The zero-order chi connectivity index (χ0) is 28.9. The minimum absolute atomic E-state index is 0.0736. The Bertz CT molecular complexity index is 1260. The average molecular weight is 611 g/mol. The number of halogens is 3. The Morgan fingerprint density at radius 2 is 1.95 bits per heavy atom. The van der Waals surface area contributed by atoms with Crippen molar-refractivity contribution in [3.05, 3.63) is 39.5 Å². The number of benzene rings is 1. The van der Waals surface area contributed by atoms with E-state index < -0.39 is 12.7 Å². The van der Waals surface area contributed by atoms with E-state index in [-0.39, 0.29) is 67.2 Å². The number of hydrogen-bond donors (Lipinski definition) is 2. The predicted molar refractivity (Wildman–Crippen MR) is 152 cm³/mol. The summed E-state index contributed by atoms with van der Waals surface area (Å²) in [6.07, 6.45) is 6.40. The largest absolute Gasteiger partial charge is 0.433 e. The first kappa shape index (κ1) is 29.7. The lowest BCUT2D eigenvalue weighted by Gasteiger charge is -2.45. The maximum Gasteiger partial charge on any atom is 0.387 e. The highest BCUT2D eigenvalue weighted by molar-refractivity contribution is 7.18. The van der Waals surface area contributed by atoms with Crippen LogP contribution < -0.4 is 20.3 Å². The number of nitrogens with one attached hydrogen (secondary N) is 2. The lowest BCUT2D eigenvalue weighted by molar-refractivity contribution is -0.126. The van der Waals surface area contributed by atoms with Crippen LogP contribution in [-0.4, -0.2) is 74.2 Å². The third-order valence-electron chi connectivity index (χ3n) is 7.91. The third-order valence-corrected chi connectivity index (χ3v) is 9.14. The van der Waals surface area contributed by atoms with Crippen LogP contribution in [0.25, 0.3) is 0 Å². The van der Waals surface area contributed by atoms with Gasteiger partial charge in [0.25, 0.3) is 11.8 Å². The van der Waals surface area contributed by atoms with Crippen LogP contribution in [0, 0.1) is 5.92 Å². The highest BCUT2D eigenvalue weighted by Gasteiger charge is 2.37. The van der Waals surface area contributed by atoms with Gasteiger partial charge in [0.15, 0.2) is 5.75 Å². The molecule has 2 saturated carbocycles. The summed E-state index contributed by atoms with van der Waals surface area (Å²) in [4.78, 5) is 43.0. The van der Waals surface area contributed by atoms with Crippen molar-refractivity contribution >= 4 is 52.0 Å². The van der Waals surface area contributed by atoms with Crippen LogP contribution in [0.15, 0.2) is 30.3 Å². The van der Waals surface area contributed by atoms with Crippen molar-refractivity contribution < 1.29 is 32.6 Å². The van der Waals surface area contributed by atoms with Crippen LogP contribution in [0.2, 0.25) is 4.34 Å². The van der Waals surface area contributed by atoms with E-state index in [4.69, 9.17) is 21.1 Å². The van der Waals surface area contributed by atoms with Gasteiger partial charge in [-0.05, 0) is 55.9 Å². The smallest absolute Gasteiger partial charge is 0.387 e. The minimum Gasteiger partial charge on any atom is -0.433 e. The van der Waals surface area contributed by atoms with Crippen molar-refractivity contribution in [1.29, 1.82) is 0 Å². The number of alkyl halides is 2. The summed E-state index contributed by atoms with van der Waals surface area (Å²) in [5, 5.41) is 5.75. The molecule has 1 atom stereocenters. The molecule has 3 fully saturated rings. The molecule has 222 valence electrons. The molecular formula is C28H33ClF2N4O5S. The summed E-state index contributed by atoms with van der Waals surface area (Å²) in [7, 11) is 0. The second-order valence-corrected chi connectivity index (χ2v) is 12.3. The first-order chi connectivity index (χ1) is 19.8. The third kappa shape index (κ3) is 7.35. The molecule has 2 heterocycles. The van der Waals surface area contributed by atoms with Crippen LogP contribution in [0.4, 0.5) is 20.2 Å². The molecular weight excluding hydrogens is 578 g/mol. The van der Waals surface area contributed by atoms with E-state index in [2.05, 4.69) is 15.5 Å². The highest BCUT2D eigenvalue weighted by Crippen LogP contribution is 2.35. The number of thiophene rings is 1. The van der Waals surface area contributed by atoms with E-state index in [1.54, 1.807) is 18.2 Å². The van der Waals surface area contributed by atoms with E-state index in [1.807, 2.05) is 0 Å². The molecule has 1 aromatic carbocycles. The summed E-state index contributed by atoms with van der Waals surface area (Å²) >= 11 is 7.16. The monoisotopic (exact) mass is 610 g/mol. The van der Waals surface area contributed by atoms with Gasteiger partial charge in [0.05, 0.1) is 21.5 Å². The lowest BCUT2D eigenvalue weighted by Crippen LogP contribution is -2.57. The number of nitrogens with zero attached hydrogens (tertiary/aromatic N) is 2. The Morgan fingerprint density at radius 1 is 1.17 bits per heavy atom. The summed E-state index contributed by atoms with van der Waals surface area (Å²) in [6.45, 7) is -2.00. The summed E-state index contributed by atoms with van der Waals surface area (Å²) in [5.41, 5.74) is 0.421. The number of carbonyl (C=O) groups excluding carboxylic acids is 3. The van der Waals surface area contributed by atoms with E-state index in [0.717, 1.165) is 50.0 Å². The van der Waals surface area contributed by atoms with Crippen LogP contribution >= 0.6 is 22.9 Å². The fourth-order valence-corrected chi connectivity index (χ4v) is 6.26. The first-order valence-electron chi connectivity index (χ1n) is 13.9. The summed E-state index contributed by atoms with van der Waals surface area (Å²) < 4.78 is 37.0. The SMILES string of the molecule is O=C(NC[C@@H](C(=O)Nc1ccc(N2CCOCC2=O)c(OC(F)F)c1)N(CC1CCC1)C1CCC1)c1ccc(Cl)s1. The Balaban J connectivity index is 1.37. The van der Waals surface area contributed by atoms with Gasteiger partial charge in [-0.15, -0.1) is 11.3 Å². The van der Waals surface area contributed by atoms with Gasteiger partial charge in [-0.2, -0.15) is 8.78 Å². The summed E-state index contributed by atoms with van der Waals surface area (Å²) in [5.74, 6) is -0.781. The number of amides is 3. The molecule has 2 N–H and O–H groups in total. The molecule has 9 nitrogen and oxygen atoms in total. The zero-order valence-electron chi connectivity index (χ0n) is 22.5. The molecule has 1 aromatic heterocycles. The normalized spacial score (nSPS) is 18.7. The number of rotatable bonds is 12. The second kappa shape index (κ2) is 13.5. The Hall–Kier alpha value is -2.80. The molecule has 5 rings (SSSR count). The van der Waals surface area contributed by atoms with Crippen LogP contribution in [-0.2, 0) is 14.3 Å². The molecule has 41 heavy (non-hydrogen) atoms. The van der Waals surface area contributed by atoms with E-state index >= 15 is 0 Å². The number of morpholine rings is 1. The zero-order valence-corrected chi connectivity index (χ0v) is 24.0. The molecule has 3 aliphatic rings. The van der Waals surface area contributed by atoms with Crippen molar-refractivity contribution in [3.63, 3.8) is 0 Å². The predicted octanol–water partition coefficient (Wildman–Crippen LogP) is 4.76. The van der Waals surface area contributed by atoms with Gasteiger partial charge in [0.2, 0.25) is 5.91 Å². The Labute approximate surface area is 246 Å². The second-order valence-electron chi connectivity index (χ2n) is 10.6. The van der Waals surface area contributed by atoms with Gasteiger partial charge in [0.1, 0.15) is 12.6 Å². The van der Waals surface area contributed by atoms with Gasteiger partial charge in [-0.25, -0.2) is 0 Å². The van der Waals surface area contributed by atoms with Gasteiger partial charge in [0, 0.05) is 37.4 Å². The van der Waals surface area contributed by atoms with Crippen LogP contribution in [0.5, 0.6) is 5.75 Å². The molecule has 0 spiro atoms. The Kier molecular flexibility index (Phi) is 9.74. The fraction of sp³-hybridized carbons (Fsp3) is 0.536. The van der Waals surface area contributed by atoms with Gasteiger partial charge < -0.3 is 25.0 Å². The van der Waals surface area contributed by atoms with Crippen molar-refractivity contribution in [2.24, 2.45) is 5.92 Å². The van der Waals surface area contributed by atoms with Crippen molar-refractivity contribution in [1.82, 2.24) is 10.2 Å². The summed E-state index contributed by atoms with van der Waals surface area (Å²) in [6, 6.07) is 7.16. The molecule has 0 bridgehead atoms. The molecule has 2 aliphatic carbocycles. The standard InChI is InChI=1S/C28H33ClF2N4O5S/c29-24-10-9-23(41-24)27(38)32-14-21(35(19-5-2-6-19)15-17-3-1-4-17)26(37)33-18-7-8-20(22(13-18)40-28(30)31)34-11-12-39-16-25(34)36/h7-10,13,17,19,21,28H,1-6,11-12,14-16H2,(H,32,38)(H,33,37)/t21-/m0/s1. The van der Waals surface area contributed by atoms with Crippen molar-refractivity contribution in [2.75, 3.05) is 43.1 Å². The van der Waals surface area contributed by atoms with E-state index in [1.165, 1.54) is 23.5 Å². The molecule has 3 amide bonds. The highest BCUT2D eigenvalue weighted by atomic mass is 35.5. The van der Waals surface area contributed by atoms with Gasteiger partial charge in [-0.3, -0.25) is 19.3 Å². The topological polar surface area (TPSA) is 100 Å². The van der Waals surface area contributed by atoms with Crippen molar-refractivity contribution in [3.8, 4) is 5.75 Å². The number of carbonyl (C=O) groups is 3. The van der Waals surface area contributed by atoms with Crippen LogP contribution in [0.1, 0.15) is 48.2 Å². The Morgan fingerprint density at radius 3 is 2.56 bits per heavy atom. The molecule has 0 radical (unpaired) electrons. The molecule has 0 unspecified atom stereocenters. The van der Waals surface area contributed by atoms with Crippen LogP contribution in [0.3, 0.4) is 0 Å². The van der Waals surface area contributed by atoms with Gasteiger partial charge in [-0.1, -0.05) is 24.4 Å². The number of anilines is 2. The fourth-order valence-electron chi connectivity index (χ4n) is 5.30. The number of hydrogen-bond acceptors (Lipinski definition) is 7. The maximum absolute atomic E-state index is 13.8. The number of ether oxygens (including phenoxy) is 2. The quantitative estimate of drug-likeness (QED) is 0.360. The molecule has 1 aliphatic heterocycles. The first-order valence-corrected chi connectivity index (χ1v) is 15.0. The molecule has 13 heteroatoms. The lowest BCUT2D eigenvalue weighted by atomic mass is 9.82. The molecule has 1 saturated heterocycles. The van der Waals surface area contributed by atoms with Gasteiger partial charge >= 0.3 is 6.61 Å². The van der Waals surface area contributed by atoms with E-state index in [9.17, 15) is 23.2 Å². The molecule has 2 aromatic rings. The average Bonchev–Trinajstić information content (AvgIpc) is 3.31. The van der Waals surface area contributed by atoms with Crippen molar-refractivity contribution in [2.45, 2.75) is 57.2 Å². The minimum atomic E-state index is -3.12.